The molecule has 0 radical (unpaired) electrons. The van der Waals surface area contributed by atoms with Gasteiger partial charge in [0, 0.05) is 19.6 Å². The lowest BCUT2D eigenvalue weighted by molar-refractivity contribution is 0.414. The Morgan fingerprint density at radius 3 is 2.79 bits per heavy atom. The molecule has 1 unspecified atom stereocenters. The lowest BCUT2D eigenvalue weighted by Gasteiger charge is -2.18. The molecule has 0 saturated carbocycles. The van der Waals surface area contributed by atoms with E-state index in [1.807, 2.05) is 12.1 Å². The summed E-state index contributed by atoms with van der Waals surface area (Å²) < 4.78 is 5.17. The van der Waals surface area contributed by atoms with Crippen LogP contribution in [0.3, 0.4) is 0 Å². The molecule has 0 amide bonds. The van der Waals surface area contributed by atoms with Crippen LogP contribution in [0.5, 0.6) is 5.75 Å². The van der Waals surface area contributed by atoms with Crippen LogP contribution in [-0.2, 0) is 0 Å². The molecule has 1 aromatic carbocycles. The van der Waals surface area contributed by atoms with Crippen molar-refractivity contribution < 1.29 is 4.74 Å². The Hall–Kier alpha value is -1.71. The minimum absolute atomic E-state index is 0.530. The summed E-state index contributed by atoms with van der Waals surface area (Å²) in [6.07, 6.45) is 2.22. The molecule has 0 aliphatic carbocycles. The standard InChI is InChI=1S/C15H23N3O/c1-12(13-4-6-14(19-2)7-5-13)8-11-18-15-16-9-3-10-17-15/h4-7,12H,3,8-11H2,1-2H3,(H2,16,17,18). The summed E-state index contributed by atoms with van der Waals surface area (Å²) in [5.41, 5.74) is 1.35. The summed E-state index contributed by atoms with van der Waals surface area (Å²) in [5.74, 6) is 2.39. The van der Waals surface area contributed by atoms with Crippen molar-refractivity contribution in [2.75, 3.05) is 26.7 Å². The van der Waals surface area contributed by atoms with Crippen LogP contribution in [-0.4, -0.2) is 32.7 Å². The quantitative estimate of drug-likeness (QED) is 0.853. The number of nitrogens with one attached hydrogen (secondary N) is 2. The number of hydrogen-bond acceptors (Lipinski definition) is 4. The van der Waals surface area contributed by atoms with Crippen LogP contribution < -0.4 is 15.4 Å². The normalized spacial score (nSPS) is 16.2. The number of nitrogens with zero attached hydrogens (tertiary/aromatic N) is 1. The summed E-state index contributed by atoms with van der Waals surface area (Å²) in [7, 11) is 1.69. The lowest BCUT2D eigenvalue weighted by Crippen LogP contribution is -2.41. The largest absolute Gasteiger partial charge is 0.497 e. The molecule has 1 heterocycles. The molecule has 104 valence electrons. The third-order valence-electron chi connectivity index (χ3n) is 3.45. The fourth-order valence-corrected chi connectivity index (χ4v) is 2.16. The summed E-state index contributed by atoms with van der Waals surface area (Å²) in [6, 6.07) is 8.32. The van der Waals surface area contributed by atoms with E-state index in [1.54, 1.807) is 7.11 Å². The smallest absolute Gasteiger partial charge is 0.191 e. The monoisotopic (exact) mass is 261 g/mol. The highest BCUT2D eigenvalue weighted by atomic mass is 16.5. The molecule has 0 fully saturated rings. The molecule has 0 bridgehead atoms. The van der Waals surface area contributed by atoms with Crippen LogP contribution in [0.25, 0.3) is 0 Å². The Kier molecular flexibility index (Phi) is 5.07. The molecule has 4 heteroatoms. The predicted molar refractivity (Wildman–Crippen MR) is 79.0 cm³/mol. The van der Waals surface area contributed by atoms with E-state index in [9.17, 15) is 0 Å². The van der Waals surface area contributed by atoms with Crippen molar-refractivity contribution in [1.82, 2.24) is 10.6 Å². The van der Waals surface area contributed by atoms with Crippen LogP contribution in [0.1, 0.15) is 31.2 Å². The zero-order valence-electron chi connectivity index (χ0n) is 11.8. The summed E-state index contributed by atoms with van der Waals surface area (Å²) in [5, 5.41) is 6.63. The van der Waals surface area contributed by atoms with Crippen molar-refractivity contribution in [3.63, 3.8) is 0 Å². The first kappa shape index (κ1) is 13.7. The molecule has 0 spiro atoms. The van der Waals surface area contributed by atoms with Crippen molar-refractivity contribution in [3.05, 3.63) is 29.8 Å². The van der Waals surface area contributed by atoms with E-state index in [2.05, 4.69) is 34.7 Å². The first-order chi connectivity index (χ1) is 9.29. The van der Waals surface area contributed by atoms with Gasteiger partial charge in [-0.05, 0) is 36.5 Å². The molecule has 1 aliphatic heterocycles. The molecule has 4 nitrogen and oxygen atoms in total. The van der Waals surface area contributed by atoms with Gasteiger partial charge < -0.3 is 15.4 Å². The molecule has 0 saturated heterocycles. The Morgan fingerprint density at radius 1 is 1.37 bits per heavy atom. The molecular formula is C15H23N3O. The van der Waals surface area contributed by atoms with Crippen LogP contribution in [0, 0.1) is 0 Å². The number of ether oxygens (including phenoxy) is 1. The second-order valence-electron chi connectivity index (χ2n) is 4.90. The van der Waals surface area contributed by atoms with Gasteiger partial charge in [-0.25, -0.2) is 0 Å². The number of rotatable bonds is 5. The fraction of sp³-hybridized carbons (Fsp3) is 0.533. The highest BCUT2D eigenvalue weighted by Crippen LogP contribution is 2.21. The molecule has 1 aromatic rings. The maximum absolute atomic E-state index is 5.17. The fourth-order valence-electron chi connectivity index (χ4n) is 2.16. The highest BCUT2D eigenvalue weighted by Gasteiger charge is 2.07. The minimum Gasteiger partial charge on any atom is -0.497 e. The van der Waals surface area contributed by atoms with Gasteiger partial charge in [0.2, 0.25) is 0 Å². The lowest BCUT2D eigenvalue weighted by atomic mass is 9.98. The Bertz CT molecular complexity index is 414. The third-order valence-corrected chi connectivity index (χ3v) is 3.45. The van der Waals surface area contributed by atoms with Gasteiger partial charge >= 0.3 is 0 Å². The average molecular weight is 261 g/mol. The summed E-state index contributed by atoms with van der Waals surface area (Å²) in [6.45, 7) is 5.15. The van der Waals surface area contributed by atoms with Crippen LogP contribution >= 0.6 is 0 Å². The van der Waals surface area contributed by atoms with Gasteiger partial charge in [0.1, 0.15) is 5.75 Å². The zero-order chi connectivity index (χ0) is 13.5. The second-order valence-corrected chi connectivity index (χ2v) is 4.90. The number of guanidine groups is 1. The molecular weight excluding hydrogens is 238 g/mol. The SMILES string of the molecule is COc1ccc(C(C)CCNC2=NCCCN2)cc1. The first-order valence-electron chi connectivity index (χ1n) is 6.95. The second kappa shape index (κ2) is 7.02. The maximum Gasteiger partial charge on any atom is 0.191 e. The topological polar surface area (TPSA) is 45.6 Å². The minimum atomic E-state index is 0.530. The van der Waals surface area contributed by atoms with E-state index in [0.717, 1.165) is 44.2 Å². The zero-order valence-corrected chi connectivity index (χ0v) is 11.8. The van der Waals surface area contributed by atoms with Gasteiger partial charge in [-0.2, -0.15) is 0 Å². The van der Waals surface area contributed by atoms with Crippen molar-refractivity contribution in [2.24, 2.45) is 4.99 Å². The van der Waals surface area contributed by atoms with Crippen molar-refractivity contribution in [2.45, 2.75) is 25.7 Å². The van der Waals surface area contributed by atoms with Gasteiger partial charge in [0.05, 0.1) is 7.11 Å². The van der Waals surface area contributed by atoms with Gasteiger partial charge in [0.15, 0.2) is 5.96 Å². The highest BCUT2D eigenvalue weighted by molar-refractivity contribution is 5.80. The maximum atomic E-state index is 5.17. The Labute approximate surface area is 115 Å². The van der Waals surface area contributed by atoms with Crippen molar-refractivity contribution in [1.29, 1.82) is 0 Å². The van der Waals surface area contributed by atoms with E-state index in [0.29, 0.717) is 5.92 Å². The molecule has 2 N–H and O–H groups in total. The van der Waals surface area contributed by atoms with Crippen molar-refractivity contribution >= 4 is 5.96 Å². The number of aliphatic imine (C=N–C) groups is 1. The van der Waals surface area contributed by atoms with E-state index in [4.69, 9.17) is 4.74 Å². The Morgan fingerprint density at radius 2 is 2.16 bits per heavy atom. The molecule has 0 aromatic heterocycles. The average Bonchev–Trinajstić information content (AvgIpc) is 2.48. The third kappa shape index (κ3) is 4.16. The van der Waals surface area contributed by atoms with Gasteiger partial charge in [0.25, 0.3) is 0 Å². The molecule has 1 aliphatic rings. The van der Waals surface area contributed by atoms with E-state index in [1.165, 1.54) is 5.56 Å². The Balaban J connectivity index is 1.76. The number of hydrogen-bond donors (Lipinski definition) is 2. The van der Waals surface area contributed by atoms with Crippen LogP contribution in [0.2, 0.25) is 0 Å². The van der Waals surface area contributed by atoms with E-state index in [-0.39, 0.29) is 0 Å². The van der Waals surface area contributed by atoms with Crippen molar-refractivity contribution in [3.8, 4) is 5.75 Å². The molecule has 1 atom stereocenters. The summed E-state index contributed by atoms with van der Waals surface area (Å²) in [4.78, 5) is 4.40. The van der Waals surface area contributed by atoms with E-state index >= 15 is 0 Å². The van der Waals surface area contributed by atoms with E-state index < -0.39 is 0 Å². The summed E-state index contributed by atoms with van der Waals surface area (Å²) >= 11 is 0. The number of methoxy groups -OCH3 is 1. The number of benzene rings is 1. The van der Waals surface area contributed by atoms with Gasteiger partial charge in [-0.15, -0.1) is 0 Å². The van der Waals surface area contributed by atoms with Gasteiger partial charge in [-0.1, -0.05) is 19.1 Å². The molecule has 2 rings (SSSR count). The molecule has 19 heavy (non-hydrogen) atoms. The first-order valence-corrected chi connectivity index (χ1v) is 6.95. The van der Waals surface area contributed by atoms with Crippen LogP contribution in [0.4, 0.5) is 0 Å². The van der Waals surface area contributed by atoms with Gasteiger partial charge in [-0.3, -0.25) is 4.99 Å². The predicted octanol–water partition coefficient (Wildman–Crippen LogP) is 2.13. The van der Waals surface area contributed by atoms with Crippen LogP contribution in [0.15, 0.2) is 29.3 Å².